The van der Waals surface area contributed by atoms with Crippen LogP contribution in [0.5, 0.6) is 0 Å². The lowest BCUT2D eigenvalue weighted by molar-refractivity contribution is -0.383. The van der Waals surface area contributed by atoms with Crippen LogP contribution >= 0.6 is 0 Å². The van der Waals surface area contributed by atoms with Crippen LogP contribution in [-0.4, -0.2) is 43.2 Å². The van der Waals surface area contributed by atoms with E-state index in [0.29, 0.717) is 11.8 Å². The number of hydrogen-bond acceptors (Lipinski definition) is 9. The van der Waals surface area contributed by atoms with Gasteiger partial charge in [0.25, 0.3) is 5.69 Å². The molecule has 4 aromatic carbocycles. The van der Waals surface area contributed by atoms with Crippen LogP contribution < -0.4 is 16.4 Å². The van der Waals surface area contributed by atoms with E-state index in [9.17, 15) is 19.7 Å². The van der Waals surface area contributed by atoms with Crippen LogP contribution in [-0.2, 0) is 19.1 Å². The van der Waals surface area contributed by atoms with E-state index in [1.165, 1.54) is 20.3 Å². The Morgan fingerprint density at radius 3 is 1.65 bits per heavy atom. The second-order valence-corrected chi connectivity index (χ2v) is 9.33. The molecule has 0 amide bonds. The summed E-state index contributed by atoms with van der Waals surface area (Å²) in [5.74, 6) is -0.527. The summed E-state index contributed by atoms with van der Waals surface area (Å²) >= 11 is 0. The molecular weight excluding hydrogens is 512 g/mol. The molecule has 0 aliphatic rings. The number of rotatable bonds is 9. The van der Waals surface area contributed by atoms with Crippen molar-refractivity contribution in [1.29, 1.82) is 0 Å². The van der Waals surface area contributed by atoms with Gasteiger partial charge in [-0.15, -0.1) is 0 Å². The monoisotopic (exact) mass is 546 g/mol. The van der Waals surface area contributed by atoms with Crippen LogP contribution in [0.15, 0.2) is 72.8 Å². The van der Waals surface area contributed by atoms with Gasteiger partial charge in [-0.05, 0) is 38.1 Å². The normalized spacial score (nSPS) is 12.0. The van der Waals surface area contributed by atoms with Crippen molar-refractivity contribution in [2.24, 2.45) is 0 Å². The molecule has 4 N–H and O–H groups in total. The minimum absolute atomic E-state index is 0.000481. The zero-order chi connectivity index (χ0) is 29.2. The molecule has 0 aliphatic carbocycles. The number of fused-ring (bicyclic) bond motifs is 2. The molecule has 0 heterocycles. The third-order valence-corrected chi connectivity index (χ3v) is 6.26. The summed E-state index contributed by atoms with van der Waals surface area (Å²) in [6.07, 6.45) is 0.553. The first kappa shape index (κ1) is 29.7. The molecule has 10 nitrogen and oxygen atoms in total. The number of carbonyl (C=O) groups is 2. The van der Waals surface area contributed by atoms with Gasteiger partial charge >= 0.3 is 11.9 Å². The molecule has 0 saturated carbocycles. The van der Waals surface area contributed by atoms with E-state index in [-0.39, 0.29) is 36.1 Å². The molecule has 0 fully saturated rings. The number of anilines is 3. The van der Waals surface area contributed by atoms with Gasteiger partial charge in [-0.25, -0.2) is 0 Å². The highest BCUT2D eigenvalue weighted by molar-refractivity contribution is 6.01. The van der Waals surface area contributed by atoms with Crippen LogP contribution in [0.25, 0.3) is 21.5 Å². The Morgan fingerprint density at radius 1 is 0.750 bits per heavy atom. The number of non-ortho nitro benzene ring substituents is 1. The molecule has 4 rings (SSSR count). The lowest BCUT2D eigenvalue weighted by Crippen LogP contribution is -2.20. The molecule has 0 radical (unpaired) electrons. The van der Waals surface area contributed by atoms with E-state index < -0.39 is 4.92 Å². The molecule has 0 unspecified atom stereocenters. The number of nitro benzene ring substituents is 1. The van der Waals surface area contributed by atoms with Gasteiger partial charge in [-0.2, -0.15) is 0 Å². The molecule has 0 saturated heterocycles. The minimum Gasteiger partial charge on any atom is -0.469 e. The molecule has 0 aromatic heterocycles. The maximum Gasteiger partial charge on any atom is 0.307 e. The van der Waals surface area contributed by atoms with Gasteiger partial charge in [0.05, 0.1) is 37.4 Å². The molecule has 0 aliphatic heterocycles. The Morgan fingerprint density at radius 2 is 1.18 bits per heavy atom. The van der Waals surface area contributed by atoms with Crippen molar-refractivity contribution in [2.75, 3.05) is 30.6 Å². The van der Waals surface area contributed by atoms with Gasteiger partial charge < -0.3 is 25.8 Å². The van der Waals surface area contributed by atoms with E-state index in [2.05, 4.69) is 20.1 Å². The zero-order valence-corrected chi connectivity index (χ0v) is 23.0. The standard InChI is InChI=1S/C15H16N2O4.C15H18N2O2/c1-10(9-15(18)21-2)16-13-7-8-14(17(19)20)12-6-4-3-5-11(12)13;1-10(9-15(18)19-2)17-14-8-7-13(16)11-5-3-4-6-12(11)14/h3-8,10,16H,9H2,1-2H3;3-8,10,17H,9,16H2,1-2H3/t2*10-/m00/s1. The van der Waals surface area contributed by atoms with Crippen molar-refractivity contribution in [3.05, 3.63) is 82.9 Å². The molecule has 10 heteroatoms. The number of methoxy groups -OCH3 is 2. The average molecular weight is 547 g/mol. The lowest BCUT2D eigenvalue weighted by atomic mass is 10.1. The number of nitrogens with zero attached hydrogens (tertiary/aromatic N) is 1. The van der Waals surface area contributed by atoms with Crippen molar-refractivity contribution >= 4 is 56.2 Å². The first-order valence-electron chi connectivity index (χ1n) is 12.7. The Kier molecular flexibility index (Phi) is 10.2. The maximum atomic E-state index is 11.3. The number of nitrogen functional groups attached to an aromatic ring is 1. The lowest BCUT2D eigenvalue weighted by Gasteiger charge is -2.16. The molecular formula is C30H34N4O6. The third-order valence-electron chi connectivity index (χ3n) is 6.26. The summed E-state index contributed by atoms with van der Waals surface area (Å²) in [5.41, 5.74) is 8.50. The Labute approximate surface area is 232 Å². The van der Waals surface area contributed by atoms with Gasteiger partial charge in [-0.1, -0.05) is 42.5 Å². The smallest absolute Gasteiger partial charge is 0.307 e. The van der Waals surface area contributed by atoms with Crippen LogP contribution in [0.2, 0.25) is 0 Å². The summed E-state index contributed by atoms with van der Waals surface area (Å²) in [6, 6.07) is 21.8. The average Bonchev–Trinajstić information content (AvgIpc) is 2.94. The summed E-state index contributed by atoms with van der Waals surface area (Å²) in [4.78, 5) is 33.2. The summed E-state index contributed by atoms with van der Waals surface area (Å²) in [6.45, 7) is 3.80. The maximum absolute atomic E-state index is 11.3. The minimum atomic E-state index is -0.399. The highest BCUT2D eigenvalue weighted by Gasteiger charge is 2.16. The van der Waals surface area contributed by atoms with Crippen LogP contribution in [0, 0.1) is 10.1 Å². The van der Waals surface area contributed by atoms with E-state index in [1.54, 1.807) is 18.2 Å². The van der Waals surface area contributed by atoms with Crippen molar-refractivity contribution in [2.45, 2.75) is 38.8 Å². The Balaban J connectivity index is 0.000000222. The predicted molar refractivity (Wildman–Crippen MR) is 158 cm³/mol. The number of hydrogen-bond donors (Lipinski definition) is 3. The van der Waals surface area contributed by atoms with Gasteiger partial charge in [0, 0.05) is 51.4 Å². The van der Waals surface area contributed by atoms with E-state index in [1.807, 2.05) is 62.4 Å². The number of nitro groups is 1. The number of esters is 2. The van der Waals surface area contributed by atoms with Crippen molar-refractivity contribution < 1.29 is 24.0 Å². The molecule has 210 valence electrons. The fraction of sp³-hybridized carbons (Fsp3) is 0.267. The predicted octanol–water partition coefficient (Wildman–Crippen LogP) is 5.90. The topological polar surface area (TPSA) is 146 Å². The fourth-order valence-electron chi connectivity index (χ4n) is 4.32. The summed E-state index contributed by atoms with van der Waals surface area (Å²) < 4.78 is 9.29. The Bertz CT molecular complexity index is 1510. The van der Waals surface area contributed by atoms with Crippen molar-refractivity contribution in [1.82, 2.24) is 0 Å². The van der Waals surface area contributed by atoms with Gasteiger partial charge in [0.2, 0.25) is 0 Å². The Hall–Kier alpha value is -4.86. The number of carbonyl (C=O) groups excluding carboxylic acids is 2. The number of nitrogens with one attached hydrogen (secondary N) is 2. The SMILES string of the molecule is COC(=O)C[C@H](C)Nc1ccc(N)c2ccccc12.COC(=O)C[C@H](C)Nc1ccc([N+](=O)[O-])c2ccccc12. The van der Waals surface area contributed by atoms with E-state index >= 15 is 0 Å². The number of benzene rings is 4. The second kappa shape index (κ2) is 13.8. The van der Waals surface area contributed by atoms with E-state index in [4.69, 9.17) is 5.73 Å². The molecule has 0 bridgehead atoms. The molecule has 4 aromatic rings. The summed E-state index contributed by atoms with van der Waals surface area (Å²) in [5, 5.41) is 21.0. The van der Waals surface area contributed by atoms with Gasteiger partial charge in [0.1, 0.15) is 0 Å². The second-order valence-electron chi connectivity index (χ2n) is 9.33. The number of ether oxygens (including phenoxy) is 2. The highest BCUT2D eigenvalue weighted by atomic mass is 16.6. The molecule has 0 spiro atoms. The molecule has 40 heavy (non-hydrogen) atoms. The summed E-state index contributed by atoms with van der Waals surface area (Å²) in [7, 11) is 2.74. The first-order chi connectivity index (χ1) is 19.1. The fourth-order valence-corrected chi connectivity index (χ4v) is 4.32. The zero-order valence-electron chi connectivity index (χ0n) is 23.0. The van der Waals surface area contributed by atoms with Crippen molar-refractivity contribution in [3.63, 3.8) is 0 Å². The quantitative estimate of drug-likeness (QED) is 0.101. The number of nitrogens with two attached hydrogens (primary N) is 1. The largest absolute Gasteiger partial charge is 0.469 e. The van der Waals surface area contributed by atoms with Crippen LogP contribution in [0.3, 0.4) is 0 Å². The first-order valence-corrected chi connectivity index (χ1v) is 12.7. The van der Waals surface area contributed by atoms with Crippen LogP contribution in [0.1, 0.15) is 26.7 Å². The van der Waals surface area contributed by atoms with Crippen LogP contribution in [0.4, 0.5) is 22.7 Å². The van der Waals surface area contributed by atoms with Crippen molar-refractivity contribution in [3.8, 4) is 0 Å². The molecule has 2 atom stereocenters. The third kappa shape index (κ3) is 7.59. The van der Waals surface area contributed by atoms with Gasteiger partial charge in [0.15, 0.2) is 0 Å². The highest BCUT2D eigenvalue weighted by Crippen LogP contribution is 2.32. The van der Waals surface area contributed by atoms with Gasteiger partial charge in [-0.3, -0.25) is 19.7 Å². The van der Waals surface area contributed by atoms with E-state index in [0.717, 1.165) is 33.2 Å².